The highest BCUT2D eigenvalue weighted by Gasteiger charge is 2.32. The predicted octanol–water partition coefficient (Wildman–Crippen LogP) is 2.39. The number of rotatable bonds is 7. The van der Waals surface area contributed by atoms with Gasteiger partial charge in [-0.25, -0.2) is 8.42 Å². The van der Waals surface area contributed by atoms with E-state index in [0.29, 0.717) is 18.0 Å². The Morgan fingerprint density at radius 1 is 1.26 bits per heavy atom. The number of nitrogens with zero attached hydrogens (tertiary/aromatic N) is 1. The van der Waals surface area contributed by atoms with Crippen molar-refractivity contribution in [2.75, 3.05) is 19.6 Å². The van der Waals surface area contributed by atoms with Crippen molar-refractivity contribution >= 4 is 15.9 Å². The molecule has 1 aromatic carbocycles. The maximum Gasteiger partial charge on any atom is 0.243 e. The summed E-state index contributed by atoms with van der Waals surface area (Å²) < 4.78 is 26.7. The lowest BCUT2D eigenvalue weighted by molar-refractivity contribution is -0.126. The van der Waals surface area contributed by atoms with Gasteiger partial charge in [0.1, 0.15) is 0 Å². The minimum absolute atomic E-state index is 0.0194. The molecular formula is C17H26N2O3S. The third kappa shape index (κ3) is 4.78. The molecule has 2 rings (SSSR count). The molecule has 1 aromatic rings. The number of nitrogens with one attached hydrogen (secondary N) is 1. The van der Waals surface area contributed by atoms with E-state index >= 15 is 0 Å². The monoisotopic (exact) mass is 338 g/mol. The highest BCUT2D eigenvalue weighted by atomic mass is 32.2. The van der Waals surface area contributed by atoms with Crippen molar-refractivity contribution in [3.63, 3.8) is 0 Å². The first-order valence-corrected chi connectivity index (χ1v) is 9.82. The average Bonchev–Trinajstić information content (AvgIpc) is 2.59. The Morgan fingerprint density at radius 2 is 2.00 bits per heavy atom. The van der Waals surface area contributed by atoms with Gasteiger partial charge in [0.2, 0.25) is 15.9 Å². The molecule has 5 nitrogen and oxygen atoms in total. The van der Waals surface area contributed by atoms with E-state index < -0.39 is 10.0 Å². The third-order valence-corrected chi connectivity index (χ3v) is 6.09. The number of piperidine rings is 1. The van der Waals surface area contributed by atoms with Gasteiger partial charge in [-0.15, -0.1) is 0 Å². The molecule has 0 radical (unpaired) electrons. The number of amides is 1. The number of hydrogen-bond donors (Lipinski definition) is 1. The quantitative estimate of drug-likeness (QED) is 0.776. The zero-order valence-electron chi connectivity index (χ0n) is 13.7. The minimum Gasteiger partial charge on any atom is -0.356 e. The molecule has 1 aliphatic rings. The number of sulfonamides is 1. The molecule has 0 aliphatic carbocycles. The van der Waals surface area contributed by atoms with Crippen LogP contribution < -0.4 is 5.32 Å². The van der Waals surface area contributed by atoms with Gasteiger partial charge in [0.25, 0.3) is 0 Å². The van der Waals surface area contributed by atoms with Crippen molar-refractivity contribution in [3.8, 4) is 0 Å². The van der Waals surface area contributed by atoms with Crippen molar-refractivity contribution in [2.24, 2.45) is 5.92 Å². The molecule has 1 amide bonds. The van der Waals surface area contributed by atoms with Crippen LogP contribution in [0, 0.1) is 5.92 Å². The molecule has 0 bridgehead atoms. The van der Waals surface area contributed by atoms with E-state index in [1.165, 1.54) is 4.31 Å². The van der Waals surface area contributed by atoms with E-state index in [4.69, 9.17) is 0 Å². The Morgan fingerprint density at radius 3 is 2.70 bits per heavy atom. The van der Waals surface area contributed by atoms with Gasteiger partial charge in [0.15, 0.2) is 0 Å². The zero-order valence-corrected chi connectivity index (χ0v) is 14.5. The molecule has 0 aromatic heterocycles. The van der Waals surface area contributed by atoms with Crippen molar-refractivity contribution in [3.05, 3.63) is 30.3 Å². The van der Waals surface area contributed by atoms with Gasteiger partial charge in [-0.1, -0.05) is 38.0 Å². The van der Waals surface area contributed by atoms with Gasteiger partial charge in [-0.2, -0.15) is 4.31 Å². The number of unbranched alkanes of at least 4 members (excludes halogenated alkanes) is 2. The molecule has 6 heteroatoms. The molecule has 1 saturated heterocycles. The van der Waals surface area contributed by atoms with E-state index in [1.54, 1.807) is 30.3 Å². The lowest BCUT2D eigenvalue weighted by atomic mass is 9.99. The smallest absolute Gasteiger partial charge is 0.243 e. The second-order valence-corrected chi connectivity index (χ2v) is 7.95. The first kappa shape index (κ1) is 17.9. The van der Waals surface area contributed by atoms with E-state index in [9.17, 15) is 13.2 Å². The van der Waals surface area contributed by atoms with Crippen LogP contribution in [0.25, 0.3) is 0 Å². The molecule has 1 aliphatic heterocycles. The van der Waals surface area contributed by atoms with Gasteiger partial charge < -0.3 is 5.32 Å². The summed E-state index contributed by atoms with van der Waals surface area (Å²) in [5, 5.41) is 2.94. The largest absolute Gasteiger partial charge is 0.356 e. The first-order valence-electron chi connectivity index (χ1n) is 8.38. The fraction of sp³-hybridized carbons (Fsp3) is 0.588. The summed E-state index contributed by atoms with van der Waals surface area (Å²) >= 11 is 0. The van der Waals surface area contributed by atoms with Crippen LogP contribution in [-0.2, 0) is 14.8 Å². The highest BCUT2D eigenvalue weighted by Crippen LogP contribution is 2.23. The summed E-state index contributed by atoms with van der Waals surface area (Å²) in [5.74, 6) is -0.266. The van der Waals surface area contributed by atoms with E-state index in [-0.39, 0.29) is 18.4 Å². The molecule has 1 N–H and O–H groups in total. The predicted molar refractivity (Wildman–Crippen MR) is 90.5 cm³/mol. The van der Waals surface area contributed by atoms with Crippen LogP contribution in [0.15, 0.2) is 35.2 Å². The molecule has 0 spiro atoms. The Hall–Kier alpha value is -1.40. The zero-order chi connectivity index (χ0) is 16.7. The Kier molecular flexibility index (Phi) is 6.59. The Labute approximate surface area is 139 Å². The number of benzene rings is 1. The number of carbonyl (C=O) groups is 1. The highest BCUT2D eigenvalue weighted by molar-refractivity contribution is 7.89. The number of carbonyl (C=O) groups excluding carboxylic acids is 1. The second kappa shape index (κ2) is 8.45. The van der Waals surface area contributed by atoms with Crippen LogP contribution >= 0.6 is 0 Å². The first-order chi connectivity index (χ1) is 11.1. The lowest BCUT2D eigenvalue weighted by Gasteiger charge is -2.31. The van der Waals surface area contributed by atoms with E-state index in [2.05, 4.69) is 12.2 Å². The fourth-order valence-corrected chi connectivity index (χ4v) is 4.39. The molecule has 128 valence electrons. The Balaban J connectivity index is 1.96. The van der Waals surface area contributed by atoms with Gasteiger partial charge in [0, 0.05) is 19.6 Å². The van der Waals surface area contributed by atoms with Crippen LogP contribution in [0.4, 0.5) is 0 Å². The van der Waals surface area contributed by atoms with Gasteiger partial charge in [-0.3, -0.25) is 4.79 Å². The average molecular weight is 338 g/mol. The van der Waals surface area contributed by atoms with Crippen molar-refractivity contribution in [1.29, 1.82) is 0 Å². The van der Waals surface area contributed by atoms with Gasteiger partial charge in [0.05, 0.1) is 10.8 Å². The minimum atomic E-state index is -3.50. The van der Waals surface area contributed by atoms with Crippen LogP contribution in [-0.4, -0.2) is 38.3 Å². The molecule has 23 heavy (non-hydrogen) atoms. The summed E-state index contributed by atoms with van der Waals surface area (Å²) in [5.41, 5.74) is 0. The molecule has 1 fully saturated rings. The Bertz CT molecular complexity index is 602. The number of hydrogen-bond acceptors (Lipinski definition) is 3. The van der Waals surface area contributed by atoms with Crippen LogP contribution in [0.3, 0.4) is 0 Å². The van der Waals surface area contributed by atoms with Crippen molar-refractivity contribution in [2.45, 2.75) is 43.9 Å². The summed E-state index contributed by atoms with van der Waals surface area (Å²) in [6.07, 6.45) is 4.66. The van der Waals surface area contributed by atoms with Crippen LogP contribution in [0.1, 0.15) is 39.0 Å². The second-order valence-electron chi connectivity index (χ2n) is 6.01. The third-order valence-electron chi connectivity index (χ3n) is 4.22. The summed E-state index contributed by atoms with van der Waals surface area (Å²) in [4.78, 5) is 12.5. The van der Waals surface area contributed by atoms with Crippen molar-refractivity contribution < 1.29 is 13.2 Å². The topological polar surface area (TPSA) is 66.5 Å². The van der Waals surface area contributed by atoms with Gasteiger partial charge >= 0.3 is 0 Å². The molecule has 1 heterocycles. The lowest BCUT2D eigenvalue weighted by Crippen LogP contribution is -2.45. The van der Waals surface area contributed by atoms with E-state index in [1.807, 2.05) is 0 Å². The molecule has 1 atom stereocenters. The van der Waals surface area contributed by atoms with Gasteiger partial charge in [-0.05, 0) is 31.4 Å². The molecule has 0 saturated carbocycles. The maximum atomic E-state index is 12.6. The normalized spacial score (nSPS) is 19.4. The van der Waals surface area contributed by atoms with E-state index in [0.717, 1.165) is 32.1 Å². The fourth-order valence-electron chi connectivity index (χ4n) is 2.85. The molecule has 0 unspecified atom stereocenters. The maximum absolute atomic E-state index is 12.6. The standard InChI is InChI=1S/C17H26N2O3S/c1-2-3-7-12-18-17(20)15-9-8-13-19(14-15)23(21,22)16-10-5-4-6-11-16/h4-6,10-11,15H,2-3,7-9,12-14H2,1H3,(H,18,20)/t15-/m0/s1. The van der Waals surface area contributed by atoms with Crippen molar-refractivity contribution in [1.82, 2.24) is 9.62 Å². The summed E-state index contributed by atoms with van der Waals surface area (Å²) in [6, 6.07) is 8.43. The van der Waals surface area contributed by atoms with Crippen LogP contribution in [0.5, 0.6) is 0 Å². The van der Waals surface area contributed by atoms with Crippen LogP contribution in [0.2, 0.25) is 0 Å². The summed E-state index contributed by atoms with van der Waals surface area (Å²) in [6.45, 7) is 3.55. The summed E-state index contributed by atoms with van der Waals surface area (Å²) in [7, 11) is -3.50. The molecular weight excluding hydrogens is 312 g/mol. The SMILES string of the molecule is CCCCCNC(=O)[C@H]1CCCN(S(=O)(=O)c2ccccc2)C1.